The number of hydrogen-bond acceptors (Lipinski definition) is 3. The Hall–Kier alpha value is -1.76. The van der Waals surface area contributed by atoms with Crippen molar-refractivity contribution in [3.63, 3.8) is 0 Å². The van der Waals surface area contributed by atoms with Crippen molar-refractivity contribution in [2.75, 3.05) is 13.2 Å². The summed E-state index contributed by atoms with van der Waals surface area (Å²) in [5.74, 6) is -3.33. The molecule has 3 rings (SSSR count). The summed E-state index contributed by atoms with van der Waals surface area (Å²) in [7, 11) is 0. The highest BCUT2D eigenvalue weighted by molar-refractivity contribution is 5.82. The monoisotopic (exact) mass is 314 g/mol. The van der Waals surface area contributed by atoms with Gasteiger partial charge in [0, 0.05) is 18.1 Å². The quantitative estimate of drug-likeness (QED) is 0.879. The molecule has 0 saturated carbocycles. The number of fused-ring (bicyclic) bond motifs is 1. The molecule has 1 fully saturated rings. The standard InChI is InChI=1S/C15H17F3N2O2/c16-9-3-4-10-11(2-1-5-22-13(10)6-9)20-14(21)12-7-15(17,18)8-19-12/h3-4,6,11-12,19H,1-2,5,7-8H2,(H,20,21). The van der Waals surface area contributed by atoms with Crippen LogP contribution in [0.4, 0.5) is 13.2 Å². The van der Waals surface area contributed by atoms with Gasteiger partial charge in [0.2, 0.25) is 5.91 Å². The molecule has 2 atom stereocenters. The molecule has 1 aromatic rings. The third kappa shape index (κ3) is 3.19. The first-order chi connectivity index (χ1) is 10.4. The van der Waals surface area contributed by atoms with Crippen LogP contribution in [0.1, 0.15) is 30.9 Å². The summed E-state index contributed by atoms with van der Waals surface area (Å²) < 4.78 is 45.1. The molecule has 22 heavy (non-hydrogen) atoms. The zero-order valence-corrected chi connectivity index (χ0v) is 11.9. The lowest BCUT2D eigenvalue weighted by Crippen LogP contribution is -2.42. The van der Waals surface area contributed by atoms with Gasteiger partial charge in [-0.15, -0.1) is 0 Å². The Morgan fingerprint density at radius 1 is 1.41 bits per heavy atom. The number of rotatable bonds is 2. The second-order valence-corrected chi connectivity index (χ2v) is 5.73. The largest absolute Gasteiger partial charge is 0.493 e. The maximum Gasteiger partial charge on any atom is 0.262 e. The van der Waals surface area contributed by atoms with E-state index in [-0.39, 0.29) is 6.04 Å². The molecule has 1 amide bonds. The maximum absolute atomic E-state index is 13.3. The first-order valence-electron chi connectivity index (χ1n) is 7.28. The van der Waals surface area contributed by atoms with Crippen molar-refractivity contribution in [3.05, 3.63) is 29.6 Å². The number of carbonyl (C=O) groups is 1. The van der Waals surface area contributed by atoms with Crippen LogP contribution in [0.25, 0.3) is 0 Å². The summed E-state index contributed by atoms with van der Waals surface area (Å²) in [4.78, 5) is 12.2. The molecule has 0 spiro atoms. The minimum Gasteiger partial charge on any atom is -0.493 e. The number of halogens is 3. The molecule has 2 aliphatic heterocycles. The smallest absolute Gasteiger partial charge is 0.262 e. The van der Waals surface area contributed by atoms with Crippen LogP contribution in [0.2, 0.25) is 0 Å². The van der Waals surface area contributed by atoms with Crippen LogP contribution >= 0.6 is 0 Å². The fourth-order valence-corrected chi connectivity index (χ4v) is 2.87. The van der Waals surface area contributed by atoms with Crippen LogP contribution in [-0.4, -0.2) is 31.0 Å². The lowest BCUT2D eigenvalue weighted by molar-refractivity contribution is -0.124. The average Bonchev–Trinajstić information content (AvgIpc) is 2.71. The zero-order valence-electron chi connectivity index (χ0n) is 11.9. The Balaban J connectivity index is 1.74. The van der Waals surface area contributed by atoms with Crippen molar-refractivity contribution in [2.24, 2.45) is 0 Å². The Bertz CT molecular complexity index is 580. The Kier molecular flexibility index (Phi) is 3.99. The van der Waals surface area contributed by atoms with Gasteiger partial charge in [0.1, 0.15) is 11.6 Å². The van der Waals surface area contributed by atoms with Crippen LogP contribution < -0.4 is 15.4 Å². The Morgan fingerprint density at radius 2 is 2.23 bits per heavy atom. The summed E-state index contributed by atoms with van der Waals surface area (Å²) >= 11 is 0. The molecular formula is C15H17F3N2O2. The van der Waals surface area contributed by atoms with Gasteiger partial charge < -0.3 is 10.1 Å². The third-order valence-electron chi connectivity index (χ3n) is 3.99. The van der Waals surface area contributed by atoms with E-state index in [9.17, 15) is 18.0 Å². The number of ether oxygens (including phenoxy) is 1. The molecule has 0 bridgehead atoms. The first kappa shape index (κ1) is 15.1. The molecule has 0 aliphatic carbocycles. The average molecular weight is 314 g/mol. The van der Waals surface area contributed by atoms with Crippen molar-refractivity contribution in [3.8, 4) is 5.75 Å². The maximum atomic E-state index is 13.3. The molecule has 1 saturated heterocycles. The predicted octanol–water partition coefficient (Wildman–Crippen LogP) is 2.15. The fraction of sp³-hybridized carbons (Fsp3) is 0.533. The summed E-state index contributed by atoms with van der Waals surface area (Å²) in [5, 5.41) is 5.31. The molecule has 2 aliphatic rings. The van der Waals surface area contributed by atoms with Crippen LogP contribution in [0, 0.1) is 5.82 Å². The van der Waals surface area contributed by atoms with Crippen molar-refractivity contribution < 1.29 is 22.7 Å². The van der Waals surface area contributed by atoms with Gasteiger partial charge in [0.25, 0.3) is 5.92 Å². The predicted molar refractivity (Wildman–Crippen MR) is 73.4 cm³/mol. The normalized spacial score (nSPS) is 26.7. The lowest BCUT2D eigenvalue weighted by Gasteiger charge is -2.20. The number of alkyl halides is 2. The highest BCUT2D eigenvalue weighted by atomic mass is 19.3. The van der Waals surface area contributed by atoms with Gasteiger partial charge in [0.15, 0.2) is 0 Å². The van der Waals surface area contributed by atoms with E-state index < -0.39 is 36.7 Å². The molecule has 2 N–H and O–H groups in total. The highest BCUT2D eigenvalue weighted by Crippen LogP contribution is 2.32. The van der Waals surface area contributed by atoms with E-state index >= 15 is 0 Å². The van der Waals surface area contributed by atoms with Crippen molar-refractivity contribution in [1.29, 1.82) is 0 Å². The summed E-state index contributed by atoms with van der Waals surface area (Å²) in [6, 6.07) is 2.89. The SMILES string of the molecule is O=C(NC1CCCOc2cc(F)ccc21)C1CC(F)(F)CN1. The van der Waals surface area contributed by atoms with E-state index in [2.05, 4.69) is 10.6 Å². The van der Waals surface area contributed by atoms with Gasteiger partial charge in [-0.05, 0) is 18.9 Å². The van der Waals surface area contributed by atoms with Crippen LogP contribution in [0.3, 0.4) is 0 Å². The number of amides is 1. The Labute approximate surface area is 126 Å². The molecule has 2 heterocycles. The molecule has 0 radical (unpaired) electrons. The van der Waals surface area contributed by atoms with Crippen molar-refractivity contribution >= 4 is 5.91 Å². The number of nitrogens with one attached hydrogen (secondary N) is 2. The van der Waals surface area contributed by atoms with E-state index in [4.69, 9.17) is 4.74 Å². The topological polar surface area (TPSA) is 50.4 Å². The van der Waals surface area contributed by atoms with Gasteiger partial charge in [0.05, 0.1) is 25.2 Å². The molecule has 4 nitrogen and oxygen atoms in total. The van der Waals surface area contributed by atoms with Crippen LogP contribution in [-0.2, 0) is 4.79 Å². The third-order valence-corrected chi connectivity index (χ3v) is 3.99. The summed E-state index contributed by atoms with van der Waals surface area (Å²) in [6.07, 6.45) is 0.807. The highest BCUT2D eigenvalue weighted by Gasteiger charge is 2.42. The summed E-state index contributed by atoms with van der Waals surface area (Å²) in [5.41, 5.74) is 0.678. The minimum atomic E-state index is -2.85. The van der Waals surface area contributed by atoms with Gasteiger partial charge in [-0.2, -0.15) is 0 Å². The van der Waals surface area contributed by atoms with Gasteiger partial charge in [-0.1, -0.05) is 6.07 Å². The number of benzene rings is 1. The second kappa shape index (κ2) is 5.79. The fourth-order valence-electron chi connectivity index (χ4n) is 2.87. The van der Waals surface area contributed by atoms with Crippen molar-refractivity contribution in [1.82, 2.24) is 10.6 Å². The van der Waals surface area contributed by atoms with Gasteiger partial charge in [-0.3, -0.25) is 10.1 Å². The van der Waals surface area contributed by atoms with E-state index in [1.807, 2.05) is 0 Å². The van der Waals surface area contributed by atoms with Crippen LogP contribution in [0.5, 0.6) is 5.75 Å². The molecular weight excluding hydrogens is 297 g/mol. The van der Waals surface area contributed by atoms with E-state index in [1.165, 1.54) is 12.1 Å². The van der Waals surface area contributed by atoms with E-state index in [1.54, 1.807) is 6.07 Å². The molecule has 2 unspecified atom stereocenters. The van der Waals surface area contributed by atoms with Crippen molar-refractivity contribution in [2.45, 2.75) is 37.3 Å². The van der Waals surface area contributed by atoms with Gasteiger partial charge >= 0.3 is 0 Å². The first-order valence-corrected chi connectivity index (χ1v) is 7.28. The molecule has 0 aromatic heterocycles. The Morgan fingerprint density at radius 3 is 2.95 bits per heavy atom. The minimum absolute atomic E-state index is 0.360. The number of hydrogen-bond donors (Lipinski definition) is 2. The molecule has 1 aromatic carbocycles. The molecule has 120 valence electrons. The second-order valence-electron chi connectivity index (χ2n) is 5.73. The number of carbonyl (C=O) groups excluding carboxylic acids is 1. The zero-order chi connectivity index (χ0) is 15.7. The lowest BCUT2D eigenvalue weighted by atomic mass is 10.0. The van der Waals surface area contributed by atoms with Gasteiger partial charge in [-0.25, -0.2) is 13.2 Å². The van der Waals surface area contributed by atoms with Crippen LogP contribution in [0.15, 0.2) is 18.2 Å². The summed E-state index contributed by atoms with van der Waals surface area (Å²) in [6.45, 7) is -0.0523. The molecule has 7 heteroatoms. The van der Waals surface area contributed by atoms with E-state index in [0.29, 0.717) is 30.8 Å². The van der Waals surface area contributed by atoms with E-state index in [0.717, 1.165) is 0 Å².